The van der Waals surface area contributed by atoms with Crippen LogP contribution in [0.5, 0.6) is 0 Å². The largest absolute Gasteiger partial charge is 0.326 e. The molecule has 4 heteroatoms. The zero-order valence-corrected chi connectivity index (χ0v) is 16.2. The van der Waals surface area contributed by atoms with Crippen LogP contribution in [0.4, 0.5) is 11.4 Å². The predicted octanol–water partition coefficient (Wildman–Crippen LogP) is 4.54. The minimum absolute atomic E-state index is 0.0281. The van der Waals surface area contributed by atoms with Crippen molar-refractivity contribution in [3.05, 3.63) is 96.6 Å². The number of hydrogen-bond acceptors (Lipinski definition) is 2. The summed E-state index contributed by atoms with van der Waals surface area (Å²) in [5, 5.41) is 2.92. The minimum atomic E-state index is -0.334. The van der Waals surface area contributed by atoms with E-state index >= 15 is 0 Å². The molecule has 0 unspecified atom stereocenters. The van der Waals surface area contributed by atoms with Gasteiger partial charge in [-0.15, -0.1) is 0 Å². The van der Waals surface area contributed by atoms with Crippen molar-refractivity contribution in [2.24, 2.45) is 11.8 Å². The summed E-state index contributed by atoms with van der Waals surface area (Å²) in [5.74, 6) is -0.339. The molecule has 1 N–H and O–H groups in total. The number of anilines is 2. The van der Waals surface area contributed by atoms with E-state index in [1.165, 1.54) is 5.56 Å². The van der Waals surface area contributed by atoms with E-state index in [-0.39, 0.29) is 30.1 Å². The van der Waals surface area contributed by atoms with Gasteiger partial charge >= 0.3 is 0 Å². The SMILES string of the molecule is O=C(C[C@H]1C(=O)N(c2ccccc2)C[C@@H]1Cc1ccccc1)Nc1ccccc1. The second kappa shape index (κ2) is 8.74. The van der Waals surface area contributed by atoms with Crippen LogP contribution in [0.25, 0.3) is 0 Å². The van der Waals surface area contributed by atoms with Crippen molar-refractivity contribution >= 4 is 23.2 Å². The third-order valence-corrected chi connectivity index (χ3v) is 5.44. The summed E-state index contributed by atoms with van der Waals surface area (Å²) in [7, 11) is 0. The average Bonchev–Trinajstić information content (AvgIpc) is 3.05. The molecule has 1 aliphatic rings. The lowest BCUT2D eigenvalue weighted by atomic mass is 9.87. The van der Waals surface area contributed by atoms with Crippen LogP contribution in [-0.4, -0.2) is 18.4 Å². The quantitative estimate of drug-likeness (QED) is 0.678. The van der Waals surface area contributed by atoms with Crippen LogP contribution >= 0.6 is 0 Å². The van der Waals surface area contributed by atoms with Crippen molar-refractivity contribution in [1.29, 1.82) is 0 Å². The number of para-hydroxylation sites is 2. The highest BCUT2D eigenvalue weighted by Crippen LogP contribution is 2.34. The van der Waals surface area contributed by atoms with Crippen molar-refractivity contribution in [3.8, 4) is 0 Å². The predicted molar refractivity (Wildman–Crippen MR) is 116 cm³/mol. The fraction of sp³-hybridized carbons (Fsp3) is 0.200. The molecule has 3 aromatic carbocycles. The highest BCUT2D eigenvalue weighted by atomic mass is 16.2. The van der Waals surface area contributed by atoms with Crippen molar-refractivity contribution in [1.82, 2.24) is 0 Å². The average molecular weight is 384 g/mol. The first-order valence-electron chi connectivity index (χ1n) is 9.96. The monoisotopic (exact) mass is 384 g/mol. The van der Waals surface area contributed by atoms with Gasteiger partial charge in [0.15, 0.2) is 0 Å². The number of nitrogens with zero attached hydrogens (tertiary/aromatic N) is 1. The first kappa shape index (κ1) is 18.9. The van der Waals surface area contributed by atoms with Gasteiger partial charge in [-0.05, 0) is 42.2 Å². The smallest absolute Gasteiger partial charge is 0.230 e. The fourth-order valence-corrected chi connectivity index (χ4v) is 4.00. The lowest BCUT2D eigenvalue weighted by Gasteiger charge is -2.16. The number of carbonyl (C=O) groups is 2. The summed E-state index contributed by atoms with van der Waals surface area (Å²) in [5.41, 5.74) is 2.83. The van der Waals surface area contributed by atoms with Crippen molar-refractivity contribution < 1.29 is 9.59 Å². The van der Waals surface area contributed by atoms with Crippen molar-refractivity contribution in [2.45, 2.75) is 12.8 Å². The van der Waals surface area contributed by atoms with Crippen LogP contribution in [0, 0.1) is 11.8 Å². The number of carbonyl (C=O) groups excluding carboxylic acids is 2. The van der Waals surface area contributed by atoms with Gasteiger partial charge in [0.1, 0.15) is 0 Å². The highest BCUT2D eigenvalue weighted by molar-refractivity contribution is 6.01. The number of hydrogen-bond donors (Lipinski definition) is 1. The van der Waals surface area contributed by atoms with E-state index in [9.17, 15) is 9.59 Å². The van der Waals surface area contributed by atoms with Gasteiger partial charge in [0.2, 0.25) is 11.8 Å². The summed E-state index contributed by atoms with van der Waals surface area (Å²) in [6, 6.07) is 29.3. The summed E-state index contributed by atoms with van der Waals surface area (Å²) in [6.07, 6.45) is 0.966. The van der Waals surface area contributed by atoms with Crippen LogP contribution in [0.3, 0.4) is 0 Å². The highest BCUT2D eigenvalue weighted by Gasteiger charge is 2.41. The normalized spacial score (nSPS) is 18.6. The van der Waals surface area contributed by atoms with Gasteiger partial charge in [-0.3, -0.25) is 9.59 Å². The maximum atomic E-state index is 13.2. The molecule has 1 fully saturated rings. The molecule has 0 radical (unpaired) electrons. The second-order valence-electron chi connectivity index (χ2n) is 7.46. The van der Waals surface area contributed by atoms with E-state index in [2.05, 4.69) is 17.4 Å². The van der Waals surface area contributed by atoms with Crippen LogP contribution in [0.2, 0.25) is 0 Å². The molecular weight excluding hydrogens is 360 g/mol. The van der Waals surface area contributed by atoms with Gasteiger partial charge in [-0.25, -0.2) is 0 Å². The Morgan fingerprint density at radius 2 is 1.45 bits per heavy atom. The molecule has 2 atom stereocenters. The van der Waals surface area contributed by atoms with Crippen LogP contribution < -0.4 is 10.2 Å². The topological polar surface area (TPSA) is 49.4 Å². The molecule has 4 rings (SSSR count). The van der Waals surface area contributed by atoms with E-state index in [1.54, 1.807) is 0 Å². The lowest BCUT2D eigenvalue weighted by molar-refractivity contribution is -0.125. The second-order valence-corrected chi connectivity index (χ2v) is 7.46. The van der Waals surface area contributed by atoms with Gasteiger partial charge in [0.25, 0.3) is 0 Å². The minimum Gasteiger partial charge on any atom is -0.326 e. The molecule has 3 aromatic rings. The summed E-state index contributed by atoms with van der Waals surface area (Å²) in [4.78, 5) is 27.7. The fourth-order valence-electron chi connectivity index (χ4n) is 4.00. The molecular formula is C25H24N2O2. The van der Waals surface area contributed by atoms with Gasteiger partial charge in [0, 0.05) is 24.3 Å². The van der Waals surface area contributed by atoms with Gasteiger partial charge in [-0.1, -0.05) is 66.7 Å². The van der Waals surface area contributed by atoms with Gasteiger partial charge in [-0.2, -0.15) is 0 Å². The molecule has 1 heterocycles. The van der Waals surface area contributed by atoms with E-state index < -0.39 is 0 Å². The van der Waals surface area contributed by atoms with Gasteiger partial charge < -0.3 is 10.2 Å². The van der Waals surface area contributed by atoms with E-state index in [0.29, 0.717) is 6.54 Å². The first-order valence-corrected chi connectivity index (χ1v) is 9.96. The Hall–Kier alpha value is -3.40. The molecule has 29 heavy (non-hydrogen) atoms. The number of nitrogens with one attached hydrogen (secondary N) is 1. The maximum Gasteiger partial charge on any atom is 0.230 e. The molecule has 146 valence electrons. The zero-order chi connectivity index (χ0) is 20.1. The Bertz CT molecular complexity index is 958. The van der Waals surface area contributed by atoms with E-state index in [4.69, 9.17) is 0 Å². The molecule has 1 aliphatic heterocycles. The standard InChI is InChI=1S/C25H24N2O2/c28-24(26-21-12-6-2-7-13-21)17-23-20(16-19-10-4-1-5-11-19)18-27(25(23)29)22-14-8-3-9-15-22/h1-15,20,23H,16-18H2,(H,26,28)/t20-,23+/m0/s1. The maximum absolute atomic E-state index is 13.2. The van der Waals surface area contributed by atoms with Crippen LogP contribution in [-0.2, 0) is 16.0 Å². The number of amides is 2. The first-order chi connectivity index (χ1) is 14.2. The van der Waals surface area contributed by atoms with E-state index in [0.717, 1.165) is 17.8 Å². The van der Waals surface area contributed by atoms with E-state index in [1.807, 2.05) is 83.8 Å². The Morgan fingerprint density at radius 3 is 2.10 bits per heavy atom. The third-order valence-electron chi connectivity index (χ3n) is 5.44. The Morgan fingerprint density at radius 1 is 0.862 bits per heavy atom. The summed E-state index contributed by atoms with van der Waals surface area (Å²) in [6.45, 7) is 0.626. The van der Waals surface area contributed by atoms with Crippen LogP contribution in [0.1, 0.15) is 12.0 Å². The molecule has 0 aliphatic carbocycles. The number of benzene rings is 3. The van der Waals surface area contributed by atoms with Crippen molar-refractivity contribution in [3.63, 3.8) is 0 Å². The molecule has 0 aromatic heterocycles. The summed E-state index contributed by atoms with van der Waals surface area (Å²) < 4.78 is 0. The molecule has 0 bridgehead atoms. The van der Waals surface area contributed by atoms with Gasteiger partial charge in [0.05, 0.1) is 5.92 Å². The Kier molecular flexibility index (Phi) is 5.71. The molecule has 4 nitrogen and oxygen atoms in total. The Labute approximate surface area is 171 Å². The summed E-state index contributed by atoms with van der Waals surface area (Å²) >= 11 is 0. The van der Waals surface area contributed by atoms with Crippen LogP contribution in [0.15, 0.2) is 91.0 Å². The molecule has 0 saturated carbocycles. The lowest BCUT2D eigenvalue weighted by Crippen LogP contribution is -2.29. The van der Waals surface area contributed by atoms with Crippen molar-refractivity contribution in [2.75, 3.05) is 16.8 Å². The molecule has 0 spiro atoms. The third kappa shape index (κ3) is 4.54. The number of rotatable bonds is 6. The Balaban J connectivity index is 1.53. The zero-order valence-electron chi connectivity index (χ0n) is 16.2. The molecule has 1 saturated heterocycles. The molecule has 2 amide bonds.